The number of phenols is 1. The normalized spacial score (nSPS) is 13.5. The van der Waals surface area contributed by atoms with Gasteiger partial charge in [-0.1, -0.05) is 44.2 Å². The fourth-order valence-electron chi connectivity index (χ4n) is 3.58. The Labute approximate surface area is 215 Å². The van der Waals surface area contributed by atoms with Gasteiger partial charge in [0.1, 0.15) is 12.4 Å². The second kappa shape index (κ2) is 12.8. The van der Waals surface area contributed by atoms with Gasteiger partial charge in [-0.15, -0.1) is 11.3 Å². The lowest BCUT2D eigenvalue weighted by Crippen LogP contribution is -2.51. The molecule has 3 rings (SSSR count). The van der Waals surface area contributed by atoms with Crippen molar-refractivity contribution < 1.29 is 28.2 Å². The maximum atomic E-state index is 13.4. The van der Waals surface area contributed by atoms with Gasteiger partial charge in [0, 0.05) is 19.3 Å². The number of thiazole rings is 1. The number of alkyl carbamates (subject to hydrolysis) is 1. The third-order valence-electron chi connectivity index (χ3n) is 5.33. The van der Waals surface area contributed by atoms with Crippen LogP contribution in [0.3, 0.4) is 0 Å². The van der Waals surface area contributed by atoms with Crippen LogP contribution in [0.1, 0.15) is 24.3 Å². The smallest absolute Gasteiger partial charge is 0.407 e. The molecule has 0 fully saturated rings. The highest BCUT2D eigenvalue weighted by Gasteiger charge is 2.31. The Bertz CT molecular complexity index is 1190. The van der Waals surface area contributed by atoms with Crippen molar-refractivity contribution in [2.24, 2.45) is 5.92 Å². The molecule has 0 aliphatic heterocycles. The third-order valence-corrected chi connectivity index (χ3v) is 7.93. The first-order chi connectivity index (χ1) is 17.1. The van der Waals surface area contributed by atoms with E-state index < -0.39 is 28.3 Å². The van der Waals surface area contributed by atoms with E-state index in [1.165, 1.54) is 39.9 Å². The molecule has 194 valence electrons. The predicted octanol–water partition coefficient (Wildman–Crippen LogP) is 3.39. The maximum Gasteiger partial charge on any atom is 0.407 e. The van der Waals surface area contributed by atoms with E-state index in [0.29, 0.717) is 0 Å². The van der Waals surface area contributed by atoms with Gasteiger partial charge in [-0.3, -0.25) is 4.98 Å². The fraction of sp³-hybridized carbons (Fsp3) is 0.360. The van der Waals surface area contributed by atoms with Crippen LogP contribution in [-0.2, 0) is 27.8 Å². The predicted molar refractivity (Wildman–Crippen MR) is 137 cm³/mol. The molecule has 0 spiro atoms. The fourth-order valence-corrected chi connectivity index (χ4v) is 5.70. The molecule has 0 bridgehead atoms. The number of ether oxygens (including phenoxy) is 1. The second-order valence-corrected chi connectivity index (χ2v) is 11.7. The van der Waals surface area contributed by atoms with Crippen molar-refractivity contribution in [2.75, 3.05) is 13.1 Å². The van der Waals surface area contributed by atoms with Crippen molar-refractivity contribution in [3.8, 4) is 5.75 Å². The number of nitrogens with zero attached hydrogens (tertiary/aromatic N) is 2. The van der Waals surface area contributed by atoms with Crippen LogP contribution >= 0.6 is 11.3 Å². The Kier molecular flexibility index (Phi) is 9.82. The van der Waals surface area contributed by atoms with E-state index in [9.17, 15) is 23.4 Å². The van der Waals surface area contributed by atoms with E-state index in [0.717, 1.165) is 10.4 Å². The number of sulfonamides is 1. The molecule has 0 aliphatic rings. The summed E-state index contributed by atoms with van der Waals surface area (Å²) in [4.78, 5) is 17.3. The number of aliphatic hydroxyl groups is 1. The summed E-state index contributed by atoms with van der Waals surface area (Å²) >= 11 is 1.35. The van der Waals surface area contributed by atoms with Crippen LogP contribution in [0.2, 0.25) is 0 Å². The Morgan fingerprint density at radius 2 is 1.81 bits per heavy atom. The van der Waals surface area contributed by atoms with Gasteiger partial charge in [-0.05, 0) is 42.2 Å². The Hall–Kier alpha value is -2.99. The lowest BCUT2D eigenvalue weighted by molar-refractivity contribution is 0.0876. The molecule has 11 heteroatoms. The molecular weight excluding hydrogens is 502 g/mol. The first-order valence-electron chi connectivity index (χ1n) is 11.5. The molecule has 1 amide bonds. The van der Waals surface area contributed by atoms with Crippen LogP contribution in [0.4, 0.5) is 4.79 Å². The molecule has 36 heavy (non-hydrogen) atoms. The van der Waals surface area contributed by atoms with Crippen molar-refractivity contribution >= 4 is 27.5 Å². The highest BCUT2D eigenvalue weighted by Crippen LogP contribution is 2.21. The van der Waals surface area contributed by atoms with Crippen LogP contribution in [0.15, 0.2) is 71.2 Å². The van der Waals surface area contributed by atoms with Gasteiger partial charge in [0.05, 0.1) is 27.4 Å². The number of phenolic OH excluding ortho intramolecular Hbond substituents is 1. The van der Waals surface area contributed by atoms with Gasteiger partial charge in [0.15, 0.2) is 0 Å². The highest BCUT2D eigenvalue weighted by molar-refractivity contribution is 7.89. The van der Waals surface area contributed by atoms with Gasteiger partial charge >= 0.3 is 6.09 Å². The van der Waals surface area contributed by atoms with E-state index in [1.807, 2.05) is 44.2 Å². The number of hydrogen-bond donors (Lipinski definition) is 3. The number of aromatic hydroxyl groups is 1. The minimum absolute atomic E-state index is 0.00434. The Morgan fingerprint density at radius 1 is 1.11 bits per heavy atom. The quantitative estimate of drug-likeness (QED) is 0.325. The molecule has 2 aromatic carbocycles. The molecular formula is C25H31N3O6S2. The van der Waals surface area contributed by atoms with Crippen molar-refractivity contribution in [3.05, 3.63) is 76.7 Å². The van der Waals surface area contributed by atoms with E-state index in [-0.39, 0.29) is 42.7 Å². The van der Waals surface area contributed by atoms with Gasteiger partial charge in [-0.2, -0.15) is 4.31 Å². The van der Waals surface area contributed by atoms with E-state index in [4.69, 9.17) is 4.74 Å². The van der Waals surface area contributed by atoms with Gasteiger partial charge in [0.2, 0.25) is 10.0 Å². The van der Waals surface area contributed by atoms with Crippen LogP contribution < -0.4 is 5.32 Å². The summed E-state index contributed by atoms with van der Waals surface area (Å²) in [5.41, 5.74) is 2.50. The number of carbonyl (C=O) groups excluding carboxylic acids is 1. The number of hydrogen-bond acceptors (Lipinski definition) is 8. The van der Waals surface area contributed by atoms with E-state index >= 15 is 0 Å². The number of aromatic nitrogens is 1. The lowest BCUT2D eigenvalue weighted by atomic mass is 10.0. The Balaban J connectivity index is 1.79. The summed E-state index contributed by atoms with van der Waals surface area (Å²) in [5, 5.41) is 23.4. The monoisotopic (exact) mass is 533 g/mol. The molecule has 1 unspecified atom stereocenters. The standard InChI is InChI=1S/C25H31N3O6S2/c1-18(2)14-28(36(32,33)22-10-8-20(29)9-11-22)15-24(30)23(12-19-6-4-3-5-7-19)27-25(31)34-16-21-13-26-17-35-21/h3-11,13,17-18,23-24,29-30H,12,14-16H2,1-2H3,(H,27,31)/t23?,24-/m1/s1. The van der Waals surface area contributed by atoms with Gasteiger partial charge < -0.3 is 20.3 Å². The minimum atomic E-state index is -3.97. The van der Waals surface area contributed by atoms with E-state index in [2.05, 4.69) is 10.3 Å². The molecule has 1 aromatic heterocycles. The van der Waals surface area contributed by atoms with Gasteiger partial charge in [0.25, 0.3) is 0 Å². The van der Waals surface area contributed by atoms with Crippen LogP contribution in [-0.4, -0.2) is 59.2 Å². The number of carbonyl (C=O) groups is 1. The zero-order valence-electron chi connectivity index (χ0n) is 20.1. The maximum absolute atomic E-state index is 13.4. The summed E-state index contributed by atoms with van der Waals surface area (Å²) in [6, 6.07) is 13.7. The molecule has 0 saturated heterocycles. The van der Waals surface area contributed by atoms with Crippen LogP contribution in [0, 0.1) is 5.92 Å². The zero-order chi connectivity index (χ0) is 26.1. The first-order valence-corrected chi connectivity index (χ1v) is 13.8. The molecule has 3 aromatic rings. The topological polar surface area (TPSA) is 129 Å². The number of benzene rings is 2. The summed E-state index contributed by atoms with van der Waals surface area (Å²) in [6.45, 7) is 3.71. The second-order valence-electron chi connectivity index (χ2n) is 8.76. The molecule has 0 aliphatic carbocycles. The third kappa shape index (κ3) is 8.02. The summed E-state index contributed by atoms with van der Waals surface area (Å²) in [7, 11) is -3.97. The van der Waals surface area contributed by atoms with E-state index in [1.54, 1.807) is 11.7 Å². The number of amides is 1. The van der Waals surface area contributed by atoms with Crippen LogP contribution in [0.25, 0.3) is 0 Å². The number of aliphatic hydroxyl groups excluding tert-OH is 1. The average Bonchev–Trinajstić information content (AvgIpc) is 3.36. The molecule has 0 saturated carbocycles. The van der Waals surface area contributed by atoms with Crippen molar-refractivity contribution in [2.45, 2.75) is 43.9 Å². The minimum Gasteiger partial charge on any atom is -0.508 e. The van der Waals surface area contributed by atoms with Crippen LogP contribution in [0.5, 0.6) is 5.75 Å². The summed E-state index contributed by atoms with van der Waals surface area (Å²) in [6.07, 6.45) is -0.0782. The lowest BCUT2D eigenvalue weighted by Gasteiger charge is -2.30. The molecule has 3 N–H and O–H groups in total. The molecule has 0 radical (unpaired) electrons. The highest BCUT2D eigenvalue weighted by atomic mass is 32.2. The molecule has 2 atom stereocenters. The summed E-state index contributed by atoms with van der Waals surface area (Å²) in [5.74, 6) is -0.0673. The average molecular weight is 534 g/mol. The molecule has 9 nitrogen and oxygen atoms in total. The van der Waals surface area contributed by atoms with Crippen molar-refractivity contribution in [1.82, 2.24) is 14.6 Å². The first kappa shape index (κ1) is 27.6. The molecule has 1 heterocycles. The number of nitrogens with one attached hydrogen (secondary N) is 1. The SMILES string of the molecule is CC(C)CN(C[C@@H](O)C(Cc1ccccc1)NC(=O)OCc1cncs1)S(=O)(=O)c1ccc(O)cc1. The van der Waals surface area contributed by atoms with Gasteiger partial charge in [-0.25, -0.2) is 13.2 Å². The summed E-state index contributed by atoms with van der Waals surface area (Å²) < 4.78 is 33.2. The Morgan fingerprint density at radius 3 is 2.42 bits per heavy atom. The number of rotatable bonds is 12. The zero-order valence-corrected chi connectivity index (χ0v) is 21.8. The van der Waals surface area contributed by atoms with Crippen molar-refractivity contribution in [1.29, 1.82) is 0 Å². The van der Waals surface area contributed by atoms with Crippen molar-refractivity contribution in [3.63, 3.8) is 0 Å². The largest absolute Gasteiger partial charge is 0.508 e.